The van der Waals surface area contributed by atoms with Crippen molar-refractivity contribution in [3.05, 3.63) is 77.4 Å². The molecular weight excluding hydrogens is 392 g/mol. The summed E-state index contributed by atoms with van der Waals surface area (Å²) >= 11 is 0. The van der Waals surface area contributed by atoms with Gasteiger partial charge in [-0.3, -0.25) is 4.98 Å². The predicted octanol–water partition coefficient (Wildman–Crippen LogP) is 3.27. The SMILES string of the molecule is Cc1cc(-c2nnc(N3CCc4[nH]cnc4[C@H]3c3cc4c(C)cccn4n3)o2)ccn1. The number of hydrogen-bond acceptors (Lipinski definition) is 7. The topological polar surface area (TPSA) is 101 Å². The zero-order valence-electron chi connectivity index (χ0n) is 17.1. The van der Waals surface area contributed by atoms with Crippen LogP contribution in [-0.4, -0.2) is 41.3 Å². The summed E-state index contributed by atoms with van der Waals surface area (Å²) in [6.07, 6.45) is 6.25. The second-order valence-corrected chi connectivity index (χ2v) is 7.78. The van der Waals surface area contributed by atoms with E-state index in [-0.39, 0.29) is 6.04 Å². The van der Waals surface area contributed by atoms with Gasteiger partial charge >= 0.3 is 6.01 Å². The average Bonchev–Trinajstić information content (AvgIpc) is 3.52. The number of imidazole rings is 1. The molecule has 1 aliphatic heterocycles. The Labute approximate surface area is 177 Å². The van der Waals surface area contributed by atoms with E-state index in [1.54, 1.807) is 12.5 Å². The Balaban J connectivity index is 1.45. The molecule has 1 aliphatic rings. The summed E-state index contributed by atoms with van der Waals surface area (Å²) in [6, 6.07) is 10.2. The minimum Gasteiger partial charge on any atom is -0.403 e. The largest absolute Gasteiger partial charge is 0.403 e. The molecule has 6 rings (SSSR count). The lowest BCUT2D eigenvalue weighted by Crippen LogP contribution is -2.36. The molecule has 31 heavy (non-hydrogen) atoms. The van der Waals surface area contributed by atoms with Crippen LogP contribution in [0.25, 0.3) is 17.0 Å². The Morgan fingerprint density at radius 1 is 1.13 bits per heavy atom. The number of pyridine rings is 2. The Hall–Kier alpha value is -4.01. The summed E-state index contributed by atoms with van der Waals surface area (Å²) < 4.78 is 8.01. The fourth-order valence-electron chi connectivity index (χ4n) is 4.22. The van der Waals surface area contributed by atoms with Crippen LogP contribution < -0.4 is 4.90 Å². The number of nitrogens with one attached hydrogen (secondary N) is 1. The summed E-state index contributed by atoms with van der Waals surface area (Å²) in [5.74, 6) is 0.470. The zero-order valence-corrected chi connectivity index (χ0v) is 17.1. The van der Waals surface area contributed by atoms with Crippen molar-refractivity contribution in [3.8, 4) is 11.5 Å². The number of H-pyrrole nitrogens is 1. The first-order valence-corrected chi connectivity index (χ1v) is 10.2. The highest BCUT2D eigenvalue weighted by molar-refractivity contribution is 5.58. The van der Waals surface area contributed by atoms with Crippen LogP contribution in [0, 0.1) is 13.8 Å². The molecule has 154 valence electrons. The molecular formula is C22H20N8O. The molecule has 0 saturated heterocycles. The maximum Gasteiger partial charge on any atom is 0.319 e. The van der Waals surface area contributed by atoms with Gasteiger partial charge in [0.2, 0.25) is 5.89 Å². The molecule has 9 heteroatoms. The molecule has 0 radical (unpaired) electrons. The molecule has 6 heterocycles. The Kier molecular flexibility index (Phi) is 3.89. The molecule has 5 aromatic rings. The van der Waals surface area contributed by atoms with Gasteiger partial charge in [0.1, 0.15) is 6.04 Å². The maximum absolute atomic E-state index is 6.11. The summed E-state index contributed by atoms with van der Waals surface area (Å²) in [5.41, 5.74) is 6.92. The van der Waals surface area contributed by atoms with Crippen molar-refractivity contribution >= 4 is 11.5 Å². The van der Waals surface area contributed by atoms with Crippen molar-refractivity contribution in [2.45, 2.75) is 26.3 Å². The van der Waals surface area contributed by atoms with E-state index in [9.17, 15) is 0 Å². The molecule has 0 bridgehead atoms. The fraction of sp³-hybridized carbons (Fsp3) is 0.227. The number of rotatable bonds is 3. The number of nitrogens with zero attached hydrogens (tertiary/aromatic N) is 7. The van der Waals surface area contributed by atoms with Gasteiger partial charge < -0.3 is 14.3 Å². The maximum atomic E-state index is 6.11. The molecule has 0 aliphatic carbocycles. The summed E-state index contributed by atoms with van der Waals surface area (Å²) in [7, 11) is 0. The van der Waals surface area contributed by atoms with Crippen molar-refractivity contribution < 1.29 is 4.42 Å². The van der Waals surface area contributed by atoms with E-state index in [1.165, 1.54) is 5.56 Å². The lowest BCUT2D eigenvalue weighted by atomic mass is 10.00. The number of aromatic nitrogens is 7. The minimum atomic E-state index is -0.221. The van der Waals surface area contributed by atoms with Crippen molar-refractivity contribution in [2.75, 3.05) is 11.4 Å². The highest BCUT2D eigenvalue weighted by atomic mass is 16.4. The molecule has 0 saturated carbocycles. The number of anilines is 1. The molecule has 0 unspecified atom stereocenters. The normalized spacial score (nSPS) is 16.1. The van der Waals surface area contributed by atoms with Crippen molar-refractivity contribution in [1.82, 2.24) is 34.8 Å². The molecule has 1 atom stereocenters. The van der Waals surface area contributed by atoms with Crippen LogP contribution in [0.2, 0.25) is 0 Å². The van der Waals surface area contributed by atoms with Crippen LogP contribution in [0.5, 0.6) is 0 Å². The monoisotopic (exact) mass is 412 g/mol. The second-order valence-electron chi connectivity index (χ2n) is 7.78. The van der Waals surface area contributed by atoms with Crippen LogP contribution >= 0.6 is 0 Å². The number of aromatic amines is 1. The van der Waals surface area contributed by atoms with E-state index >= 15 is 0 Å². The molecule has 0 aromatic carbocycles. The van der Waals surface area contributed by atoms with Gasteiger partial charge in [-0.1, -0.05) is 11.2 Å². The van der Waals surface area contributed by atoms with Crippen LogP contribution in [0.4, 0.5) is 6.01 Å². The van der Waals surface area contributed by atoms with Gasteiger partial charge in [-0.25, -0.2) is 9.50 Å². The number of aryl methyl sites for hydroxylation is 2. The van der Waals surface area contributed by atoms with Gasteiger partial charge in [0.25, 0.3) is 0 Å². The third kappa shape index (κ3) is 2.89. The van der Waals surface area contributed by atoms with Gasteiger partial charge in [0, 0.05) is 42.3 Å². The molecule has 5 aromatic heterocycles. The standard InChI is InChI=1S/C22H20N8O/c1-13-4-3-8-30-18(13)11-17(28-30)20-19-16(24-12-25-19)6-9-29(20)22-27-26-21(31-22)15-5-7-23-14(2)10-15/h3-5,7-8,10-12,20H,6,9H2,1-2H3,(H,24,25)/t20-/m1/s1. The summed E-state index contributed by atoms with van der Waals surface area (Å²) in [6.45, 7) is 4.73. The quantitative estimate of drug-likeness (QED) is 0.485. The van der Waals surface area contributed by atoms with E-state index < -0.39 is 0 Å². The Morgan fingerprint density at radius 2 is 2.06 bits per heavy atom. The van der Waals surface area contributed by atoms with E-state index in [2.05, 4.69) is 49.1 Å². The van der Waals surface area contributed by atoms with Gasteiger partial charge in [-0.15, -0.1) is 5.10 Å². The van der Waals surface area contributed by atoms with Crippen LogP contribution in [0.15, 0.2) is 53.5 Å². The third-order valence-corrected chi connectivity index (χ3v) is 5.74. The van der Waals surface area contributed by atoms with Gasteiger partial charge in [0.05, 0.1) is 23.2 Å². The first-order valence-electron chi connectivity index (χ1n) is 10.2. The molecule has 9 nitrogen and oxygen atoms in total. The Bertz CT molecular complexity index is 1400. The van der Waals surface area contributed by atoms with Gasteiger partial charge in [0.15, 0.2) is 0 Å². The first-order chi connectivity index (χ1) is 15.2. The zero-order chi connectivity index (χ0) is 20.9. The lowest BCUT2D eigenvalue weighted by molar-refractivity contribution is 0.503. The summed E-state index contributed by atoms with van der Waals surface area (Å²) in [5, 5.41) is 13.5. The van der Waals surface area contributed by atoms with Gasteiger partial charge in [-0.2, -0.15) is 5.10 Å². The van der Waals surface area contributed by atoms with Crippen molar-refractivity contribution in [2.24, 2.45) is 0 Å². The number of fused-ring (bicyclic) bond motifs is 2. The van der Waals surface area contributed by atoms with E-state index in [0.29, 0.717) is 18.5 Å². The average molecular weight is 412 g/mol. The second kappa shape index (κ2) is 6.76. The lowest BCUT2D eigenvalue weighted by Gasteiger charge is -2.32. The highest BCUT2D eigenvalue weighted by Crippen LogP contribution is 2.37. The highest BCUT2D eigenvalue weighted by Gasteiger charge is 2.36. The van der Waals surface area contributed by atoms with Crippen LogP contribution in [-0.2, 0) is 6.42 Å². The van der Waals surface area contributed by atoms with E-state index in [4.69, 9.17) is 9.52 Å². The van der Waals surface area contributed by atoms with E-state index in [0.717, 1.165) is 40.3 Å². The smallest absolute Gasteiger partial charge is 0.319 e. The Morgan fingerprint density at radius 3 is 2.94 bits per heavy atom. The van der Waals surface area contributed by atoms with Crippen molar-refractivity contribution in [1.29, 1.82) is 0 Å². The summed E-state index contributed by atoms with van der Waals surface area (Å²) in [4.78, 5) is 14.2. The molecule has 1 N–H and O–H groups in total. The van der Waals surface area contributed by atoms with E-state index in [1.807, 2.05) is 35.8 Å². The first kappa shape index (κ1) is 17.8. The number of hydrogen-bond donors (Lipinski definition) is 1. The predicted molar refractivity (Wildman–Crippen MR) is 114 cm³/mol. The minimum absolute atomic E-state index is 0.221. The molecule has 0 amide bonds. The molecule has 0 spiro atoms. The van der Waals surface area contributed by atoms with Crippen molar-refractivity contribution in [3.63, 3.8) is 0 Å². The van der Waals surface area contributed by atoms with Gasteiger partial charge in [-0.05, 0) is 43.7 Å². The molecule has 0 fully saturated rings. The van der Waals surface area contributed by atoms with Crippen LogP contribution in [0.1, 0.15) is 34.4 Å². The third-order valence-electron chi connectivity index (χ3n) is 5.74. The van der Waals surface area contributed by atoms with Crippen LogP contribution in [0.3, 0.4) is 0 Å². The fourth-order valence-corrected chi connectivity index (χ4v) is 4.22.